The number of hydrogen-bond acceptors (Lipinski definition) is 2. The topological polar surface area (TPSA) is 24.4 Å². The Morgan fingerprint density at radius 3 is 2.50 bits per heavy atom. The summed E-state index contributed by atoms with van der Waals surface area (Å²) >= 11 is 0. The average molecular weight is 353 g/mol. The van der Waals surface area contributed by atoms with Crippen LogP contribution in [0.4, 0.5) is 0 Å². The Balaban J connectivity index is 1.73. The number of unbranched alkanes of at least 4 members (excludes halogenated alkanes) is 4. The van der Waals surface area contributed by atoms with Crippen LogP contribution in [0, 0.1) is 11.8 Å². The molecule has 1 aliphatic heterocycles. The predicted molar refractivity (Wildman–Crippen MR) is 113 cm³/mol. The molecule has 1 N–H and O–H groups in total. The summed E-state index contributed by atoms with van der Waals surface area (Å²) in [5.74, 6) is 1.11. The minimum Gasteiger partial charge on any atom is -0.306 e. The number of allylic oxidation sites excluding steroid dienone is 1. The van der Waals surface area contributed by atoms with E-state index in [0.29, 0.717) is 23.9 Å². The molecule has 26 heavy (non-hydrogen) atoms. The second-order valence-corrected chi connectivity index (χ2v) is 8.27. The highest BCUT2D eigenvalue weighted by Gasteiger charge is 2.30. The molecule has 3 unspecified atom stereocenters. The van der Waals surface area contributed by atoms with Crippen LogP contribution in [-0.2, 0) is 0 Å². The number of hydrogen-bond donors (Lipinski definition) is 1. The Hall–Kier alpha value is -1.41. The molecule has 142 valence electrons. The van der Waals surface area contributed by atoms with Gasteiger partial charge >= 0.3 is 0 Å². The molecule has 3 atom stereocenters. The van der Waals surface area contributed by atoms with Crippen LogP contribution < -0.4 is 5.32 Å². The van der Waals surface area contributed by atoms with E-state index in [1.165, 1.54) is 68.3 Å². The highest BCUT2D eigenvalue weighted by Crippen LogP contribution is 2.32. The summed E-state index contributed by atoms with van der Waals surface area (Å²) in [5, 5.41) is 3.74. The number of aliphatic imine (C=N–C) groups is 1. The maximum atomic E-state index is 5.14. The van der Waals surface area contributed by atoms with Crippen molar-refractivity contribution in [3.05, 3.63) is 47.7 Å². The highest BCUT2D eigenvalue weighted by atomic mass is 15.0. The molecule has 2 nitrogen and oxygen atoms in total. The number of benzene rings is 1. The van der Waals surface area contributed by atoms with E-state index in [2.05, 4.69) is 62.5 Å². The number of nitrogens with zero attached hydrogens (tertiary/aromatic N) is 1. The summed E-state index contributed by atoms with van der Waals surface area (Å²) in [4.78, 5) is 5.14. The fraction of sp³-hybridized carbons (Fsp3) is 0.625. The molecule has 0 radical (unpaired) electrons. The Bertz CT molecular complexity index is 612. The maximum absolute atomic E-state index is 5.14. The van der Waals surface area contributed by atoms with Crippen LogP contribution >= 0.6 is 0 Å². The van der Waals surface area contributed by atoms with Crippen LogP contribution in [0.25, 0.3) is 0 Å². The molecule has 0 aromatic heterocycles. The Morgan fingerprint density at radius 1 is 1.08 bits per heavy atom. The van der Waals surface area contributed by atoms with Crippen molar-refractivity contribution < 1.29 is 0 Å². The van der Waals surface area contributed by atoms with Crippen LogP contribution in [0.3, 0.4) is 0 Å². The zero-order valence-electron chi connectivity index (χ0n) is 16.9. The van der Waals surface area contributed by atoms with Gasteiger partial charge in [0.2, 0.25) is 0 Å². The monoisotopic (exact) mass is 352 g/mol. The molecule has 1 aromatic rings. The summed E-state index contributed by atoms with van der Waals surface area (Å²) in [6.45, 7) is 6.94. The fourth-order valence-electron chi connectivity index (χ4n) is 4.03. The Morgan fingerprint density at radius 2 is 1.81 bits per heavy atom. The van der Waals surface area contributed by atoms with E-state index in [0.717, 1.165) is 0 Å². The maximum Gasteiger partial charge on any atom is 0.0537 e. The molecule has 3 rings (SSSR count). The van der Waals surface area contributed by atoms with Crippen molar-refractivity contribution in [2.45, 2.75) is 84.2 Å². The molecule has 1 fully saturated rings. The first-order chi connectivity index (χ1) is 12.7. The zero-order chi connectivity index (χ0) is 18.4. The van der Waals surface area contributed by atoms with Gasteiger partial charge in [0.15, 0.2) is 0 Å². The number of rotatable bonds is 10. The molecule has 0 spiro atoms. The molecule has 0 saturated heterocycles. The minimum absolute atomic E-state index is 0.358. The van der Waals surface area contributed by atoms with Gasteiger partial charge in [0, 0.05) is 18.0 Å². The van der Waals surface area contributed by atoms with Crippen LogP contribution in [0.5, 0.6) is 0 Å². The van der Waals surface area contributed by atoms with Crippen molar-refractivity contribution in [2.24, 2.45) is 16.8 Å². The van der Waals surface area contributed by atoms with Crippen LogP contribution in [0.1, 0.15) is 77.7 Å². The molecule has 0 amide bonds. The Kier molecular flexibility index (Phi) is 7.07. The van der Waals surface area contributed by atoms with Crippen molar-refractivity contribution in [1.82, 2.24) is 5.32 Å². The van der Waals surface area contributed by atoms with Crippen molar-refractivity contribution >= 4 is 5.71 Å². The molecule has 1 heterocycles. The summed E-state index contributed by atoms with van der Waals surface area (Å²) in [6.07, 6.45) is 13.2. The highest BCUT2D eigenvalue weighted by molar-refractivity contribution is 6.03. The second-order valence-electron chi connectivity index (χ2n) is 8.27. The first kappa shape index (κ1) is 19.4. The molecule has 0 bridgehead atoms. The van der Waals surface area contributed by atoms with Crippen molar-refractivity contribution in [3.8, 4) is 0 Å². The summed E-state index contributed by atoms with van der Waals surface area (Å²) in [5.41, 5.74) is 3.83. The normalized spacial score (nSPS) is 24.1. The Labute approximate surface area is 160 Å². The van der Waals surface area contributed by atoms with Crippen LogP contribution in [-0.4, -0.2) is 17.8 Å². The third kappa shape index (κ3) is 5.30. The van der Waals surface area contributed by atoms with Gasteiger partial charge in [-0.3, -0.25) is 4.99 Å². The third-order valence-electron chi connectivity index (χ3n) is 5.93. The lowest BCUT2D eigenvalue weighted by Crippen LogP contribution is -2.33. The largest absolute Gasteiger partial charge is 0.306 e. The lowest BCUT2D eigenvalue weighted by molar-refractivity contribution is 0.449. The van der Waals surface area contributed by atoms with Gasteiger partial charge in [0.1, 0.15) is 0 Å². The zero-order valence-corrected chi connectivity index (χ0v) is 16.9. The van der Waals surface area contributed by atoms with E-state index >= 15 is 0 Å². The van der Waals surface area contributed by atoms with E-state index in [4.69, 9.17) is 4.99 Å². The van der Waals surface area contributed by atoms with Crippen molar-refractivity contribution in [2.75, 3.05) is 0 Å². The van der Waals surface area contributed by atoms with Crippen molar-refractivity contribution in [3.63, 3.8) is 0 Å². The van der Waals surface area contributed by atoms with Gasteiger partial charge in [0.25, 0.3) is 0 Å². The van der Waals surface area contributed by atoms with Gasteiger partial charge in [-0.15, -0.1) is 0 Å². The molecule has 2 aliphatic rings. The van der Waals surface area contributed by atoms with E-state index in [1.807, 2.05) is 0 Å². The molecule has 1 aliphatic carbocycles. The van der Waals surface area contributed by atoms with Crippen molar-refractivity contribution in [1.29, 1.82) is 0 Å². The van der Waals surface area contributed by atoms with E-state index in [-0.39, 0.29) is 0 Å². The summed E-state index contributed by atoms with van der Waals surface area (Å²) < 4.78 is 0. The standard InChI is InChI=1S/C24H36N2/c1-4-5-6-7-9-14-21-17-23(19(3)25-22-15-16-22)26-24(18(21)2)20-12-10-8-11-13-20/h8,10-13,17-19,21-22,25H,4-7,9,14-16H2,1-3H3. The SMILES string of the molecule is CCCCCCCC1C=C(C(C)NC2CC2)N=C(c2ccccc2)C1C. The van der Waals surface area contributed by atoms with E-state index in [9.17, 15) is 0 Å². The van der Waals surface area contributed by atoms with Gasteiger partial charge in [0.05, 0.1) is 11.4 Å². The first-order valence-corrected chi connectivity index (χ1v) is 10.8. The molecule has 1 aromatic carbocycles. The van der Waals surface area contributed by atoms with Gasteiger partial charge in [-0.1, -0.05) is 82.4 Å². The van der Waals surface area contributed by atoms with Gasteiger partial charge in [-0.25, -0.2) is 0 Å². The number of nitrogens with one attached hydrogen (secondary N) is 1. The summed E-state index contributed by atoms with van der Waals surface area (Å²) in [6, 6.07) is 11.9. The molecular formula is C24H36N2. The van der Waals surface area contributed by atoms with Gasteiger partial charge < -0.3 is 5.32 Å². The lowest BCUT2D eigenvalue weighted by atomic mass is 9.80. The molecule has 2 heteroatoms. The van der Waals surface area contributed by atoms with Crippen LogP contribution in [0.15, 0.2) is 47.1 Å². The second kappa shape index (κ2) is 9.50. The van der Waals surface area contributed by atoms with E-state index in [1.54, 1.807) is 0 Å². The smallest absolute Gasteiger partial charge is 0.0537 e. The quantitative estimate of drug-likeness (QED) is 0.503. The third-order valence-corrected chi connectivity index (χ3v) is 5.93. The first-order valence-electron chi connectivity index (χ1n) is 10.8. The molecular weight excluding hydrogens is 316 g/mol. The average Bonchev–Trinajstić information content (AvgIpc) is 3.47. The molecule has 1 saturated carbocycles. The van der Waals surface area contributed by atoms with E-state index < -0.39 is 0 Å². The summed E-state index contributed by atoms with van der Waals surface area (Å²) in [7, 11) is 0. The van der Waals surface area contributed by atoms with Gasteiger partial charge in [-0.05, 0) is 37.7 Å². The lowest BCUT2D eigenvalue weighted by Gasteiger charge is -2.30. The minimum atomic E-state index is 0.358. The van der Waals surface area contributed by atoms with Crippen LogP contribution in [0.2, 0.25) is 0 Å². The van der Waals surface area contributed by atoms with Gasteiger partial charge in [-0.2, -0.15) is 0 Å². The predicted octanol–water partition coefficient (Wildman–Crippen LogP) is 6.13. The fourth-order valence-corrected chi connectivity index (χ4v) is 4.03.